The van der Waals surface area contributed by atoms with Gasteiger partial charge in [-0.3, -0.25) is 9.89 Å². The molecular formula is C36H34Cl2N8O2. The van der Waals surface area contributed by atoms with Gasteiger partial charge in [0.1, 0.15) is 12.7 Å². The highest BCUT2D eigenvalue weighted by atomic mass is 35.5. The number of nitrogens with one attached hydrogen (secondary N) is 1. The summed E-state index contributed by atoms with van der Waals surface area (Å²) in [6.07, 6.45) is 3.33. The van der Waals surface area contributed by atoms with Gasteiger partial charge in [-0.05, 0) is 110 Å². The van der Waals surface area contributed by atoms with Crippen molar-refractivity contribution in [2.24, 2.45) is 10.9 Å². The summed E-state index contributed by atoms with van der Waals surface area (Å²) in [5, 5.41) is 17.2. The molecule has 3 heterocycles. The normalized spacial score (nSPS) is 14.6. The Hall–Kier alpha value is -4.77. The zero-order valence-electron chi connectivity index (χ0n) is 26.4. The number of hydrogen-bond donors (Lipinski definition) is 1. The van der Waals surface area contributed by atoms with Crippen molar-refractivity contribution in [3.63, 3.8) is 0 Å². The molecule has 3 aromatic carbocycles. The third kappa shape index (κ3) is 6.78. The van der Waals surface area contributed by atoms with Crippen LogP contribution in [-0.4, -0.2) is 55.1 Å². The fraction of sp³-hybridized carbons (Fsp3) is 0.250. The topological polar surface area (TPSA) is 106 Å². The number of halogens is 2. The summed E-state index contributed by atoms with van der Waals surface area (Å²) >= 11 is 12.5. The van der Waals surface area contributed by atoms with E-state index in [1.807, 2.05) is 66.7 Å². The van der Waals surface area contributed by atoms with Crippen molar-refractivity contribution in [3.8, 4) is 17.1 Å². The lowest BCUT2D eigenvalue weighted by Gasteiger charge is -2.30. The molecule has 4 aromatic rings. The van der Waals surface area contributed by atoms with Gasteiger partial charge in [-0.2, -0.15) is 0 Å². The van der Waals surface area contributed by atoms with Crippen molar-refractivity contribution in [2.75, 3.05) is 31.5 Å². The maximum Gasteiger partial charge on any atom is 0.342 e. The van der Waals surface area contributed by atoms with Crippen molar-refractivity contribution < 1.29 is 4.92 Å². The third-order valence-electron chi connectivity index (χ3n) is 8.99. The van der Waals surface area contributed by atoms with E-state index in [0.29, 0.717) is 34.9 Å². The molecule has 12 heteroatoms. The van der Waals surface area contributed by atoms with Crippen LogP contribution in [0, 0.1) is 23.0 Å². The Morgan fingerprint density at radius 2 is 1.67 bits per heavy atom. The molecule has 0 atom stereocenters. The number of aromatic nitrogens is 4. The maximum atomic E-state index is 11.4. The first-order valence-corrected chi connectivity index (χ1v) is 16.7. The van der Waals surface area contributed by atoms with Gasteiger partial charge in [-0.1, -0.05) is 35.3 Å². The second-order valence-electron chi connectivity index (χ2n) is 12.1. The van der Waals surface area contributed by atoms with Gasteiger partial charge >= 0.3 is 5.82 Å². The molecule has 1 N–H and O–H groups in total. The van der Waals surface area contributed by atoms with Gasteiger partial charge in [0.25, 0.3) is 0 Å². The van der Waals surface area contributed by atoms with Crippen LogP contribution >= 0.6 is 23.2 Å². The molecule has 2 aliphatic heterocycles. The van der Waals surface area contributed by atoms with E-state index in [2.05, 4.69) is 38.0 Å². The Balaban J connectivity index is 1.19. The van der Waals surface area contributed by atoms with Gasteiger partial charge in [-0.25, -0.2) is 14.5 Å². The lowest BCUT2D eigenvalue weighted by Crippen LogP contribution is -2.37. The summed E-state index contributed by atoms with van der Waals surface area (Å²) in [5.74, 6) is 1.12. The minimum atomic E-state index is -0.369. The minimum Gasteiger partial charge on any atom is -0.358 e. The number of fused-ring (bicyclic) bond motifs is 2. The first-order chi connectivity index (χ1) is 23.3. The average Bonchev–Trinajstić information content (AvgIpc) is 3.47. The molecule has 0 spiro atoms. The predicted molar refractivity (Wildman–Crippen MR) is 191 cm³/mol. The van der Waals surface area contributed by atoms with Gasteiger partial charge < -0.3 is 20.0 Å². The Morgan fingerprint density at radius 1 is 0.958 bits per heavy atom. The van der Waals surface area contributed by atoms with Crippen molar-refractivity contribution in [3.05, 3.63) is 122 Å². The van der Waals surface area contributed by atoms with Crippen LogP contribution in [0.15, 0.2) is 96.1 Å². The number of likely N-dealkylation sites (tertiary alicyclic amines) is 1. The van der Waals surface area contributed by atoms with Gasteiger partial charge in [0.05, 0.1) is 33.5 Å². The molecule has 0 amide bonds. The monoisotopic (exact) mass is 680 g/mol. The van der Waals surface area contributed by atoms with Gasteiger partial charge in [0.15, 0.2) is 5.82 Å². The molecule has 1 aliphatic carbocycles. The van der Waals surface area contributed by atoms with Gasteiger partial charge in [0, 0.05) is 41.4 Å². The standard InChI is InChI=1S/C36H34Cl2N8O2/c1-24-39-23-36(46(47)48)44(24)19-18-43-16-14-25(15-17-43)22-40-31-21-35-33(20-32(31)41-28-10-6-26(37)7-11-28)42-30-4-2-3-5-34(30)45(35)29-12-8-27(38)9-13-29/h2-13,20-21,23,25,41H,14-19,22H2,1H3. The van der Waals surface area contributed by atoms with E-state index < -0.39 is 0 Å². The Bertz CT molecular complexity index is 2120. The van der Waals surface area contributed by atoms with E-state index in [0.717, 1.165) is 77.3 Å². The quantitative estimate of drug-likeness (QED) is 0.0945. The van der Waals surface area contributed by atoms with Crippen LogP contribution in [0.25, 0.3) is 28.1 Å². The molecule has 10 nitrogen and oxygen atoms in total. The first kappa shape index (κ1) is 31.8. The van der Waals surface area contributed by atoms with Gasteiger partial charge in [-0.15, -0.1) is 0 Å². The number of para-hydroxylation sites is 2. The maximum absolute atomic E-state index is 11.4. The molecule has 244 valence electrons. The smallest absolute Gasteiger partial charge is 0.342 e. The number of hydrogen-bond acceptors (Lipinski definition) is 7. The average molecular weight is 682 g/mol. The SMILES string of the molecule is Cc1ncc([N+](=O)[O-])n1CCN1CCC(CN=c2cc3n(-c4ccc(Cl)cc4)c4ccccc4nc-3cc2Nc2ccc(Cl)cc2)CC1. The molecule has 0 unspecified atom stereocenters. The number of piperidine rings is 1. The summed E-state index contributed by atoms with van der Waals surface area (Å²) in [4.78, 5) is 27.8. The fourth-order valence-corrected chi connectivity index (χ4v) is 6.62. The van der Waals surface area contributed by atoms with Crippen LogP contribution < -0.4 is 10.7 Å². The van der Waals surface area contributed by atoms with E-state index in [-0.39, 0.29) is 10.7 Å². The summed E-state index contributed by atoms with van der Waals surface area (Å²) in [7, 11) is 0. The highest BCUT2D eigenvalue weighted by Gasteiger charge is 2.23. The summed E-state index contributed by atoms with van der Waals surface area (Å²) in [5.41, 5.74) is 6.40. The van der Waals surface area contributed by atoms with E-state index in [1.54, 1.807) is 11.5 Å². The Labute approximate surface area is 287 Å². The predicted octanol–water partition coefficient (Wildman–Crippen LogP) is 7.91. The lowest BCUT2D eigenvalue weighted by molar-refractivity contribution is -0.392. The number of nitro groups is 1. The Kier molecular flexibility index (Phi) is 9.12. The van der Waals surface area contributed by atoms with Crippen molar-refractivity contribution >= 4 is 51.4 Å². The second-order valence-corrected chi connectivity index (χ2v) is 13.0. The molecule has 1 saturated heterocycles. The van der Waals surface area contributed by atoms with Crippen LogP contribution in [-0.2, 0) is 6.54 Å². The molecule has 7 rings (SSSR count). The van der Waals surface area contributed by atoms with E-state index in [1.165, 1.54) is 6.20 Å². The summed E-state index contributed by atoms with van der Waals surface area (Å²) in [6.45, 7) is 5.61. The van der Waals surface area contributed by atoms with Crippen LogP contribution in [0.2, 0.25) is 10.0 Å². The van der Waals surface area contributed by atoms with E-state index in [4.69, 9.17) is 33.2 Å². The number of nitrogens with zero attached hydrogens (tertiary/aromatic N) is 7. The van der Waals surface area contributed by atoms with Crippen LogP contribution in [0.4, 0.5) is 17.2 Å². The van der Waals surface area contributed by atoms with E-state index >= 15 is 0 Å². The van der Waals surface area contributed by atoms with Crippen molar-refractivity contribution in [1.29, 1.82) is 0 Å². The third-order valence-corrected chi connectivity index (χ3v) is 9.50. The zero-order chi connectivity index (χ0) is 33.2. The number of imidazole rings is 1. The summed E-state index contributed by atoms with van der Waals surface area (Å²) < 4.78 is 3.90. The molecule has 0 saturated carbocycles. The second kappa shape index (κ2) is 13.8. The first-order valence-electron chi connectivity index (χ1n) is 16.0. The number of rotatable bonds is 9. The van der Waals surface area contributed by atoms with Crippen molar-refractivity contribution in [1.82, 2.24) is 24.0 Å². The lowest BCUT2D eigenvalue weighted by atomic mass is 9.97. The molecule has 3 aliphatic rings. The molecule has 0 radical (unpaired) electrons. The van der Waals surface area contributed by atoms with E-state index in [9.17, 15) is 10.1 Å². The zero-order valence-corrected chi connectivity index (χ0v) is 27.9. The highest BCUT2D eigenvalue weighted by molar-refractivity contribution is 6.30. The van der Waals surface area contributed by atoms with Crippen LogP contribution in [0.3, 0.4) is 0 Å². The largest absolute Gasteiger partial charge is 0.358 e. The minimum absolute atomic E-state index is 0.0418. The van der Waals surface area contributed by atoms with Crippen LogP contribution in [0.1, 0.15) is 18.7 Å². The fourth-order valence-electron chi connectivity index (χ4n) is 6.37. The van der Waals surface area contributed by atoms with Gasteiger partial charge in [0.2, 0.25) is 0 Å². The molecule has 48 heavy (non-hydrogen) atoms. The number of benzene rings is 4. The highest BCUT2D eigenvalue weighted by Crippen LogP contribution is 2.31. The molecule has 1 fully saturated rings. The van der Waals surface area contributed by atoms with Crippen molar-refractivity contribution in [2.45, 2.75) is 26.3 Å². The molecule has 0 bridgehead atoms. The molecule has 1 aromatic heterocycles. The number of anilines is 2. The number of aryl methyl sites for hydroxylation is 1. The van der Waals surface area contributed by atoms with Crippen LogP contribution in [0.5, 0.6) is 0 Å². The molecular weight excluding hydrogens is 647 g/mol. The summed E-state index contributed by atoms with van der Waals surface area (Å²) in [6, 6.07) is 27.8. The Morgan fingerprint density at radius 3 is 2.40 bits per heavy atom.